The van der Waals surface area contributed by atoms with Crippen LogP contribution in [0.2, 0.25) is 0 Å². The van der Waals surface area contributed by atoms with Crippen LogP contribution in [0.4, 0.5) is 0 Å². The minimum atomic E-state index is 0.0793. The molecule has 0 fully saturated rings. The topological polar surface area (TPSA) is 35.2 Å². The third kappa shape index (κ3) is 1.77. The fourth-order valence-electron chi connectivity index (χ4n) is 1.19. The smallest absolute Gasteiger partial charge is 0.150 e. The first-order valence-electron chi connectivity index (χ1n) is 4.02. The summed E-state index contributed by atoms with van der Waals surface area (Å²) < 4.78 is 0. The highest BCUT2D eigenvalue weighted by Gasteiger charge is 2.17. The third-order valence-electron chi connectivity index (χ3n) is 1.82. The fourth-order valence-corrected chi connectivity index (χ4v) is 1.19. The van der Waals surface area contributed by atoms with Crippen molar-refractivity contribution in [2.75, 3.05) is 0 Å². The number of nitrogens with two attached hydrogens (primary N) is 1. The molecule has 0 saturated heterocycles. The SMILES string of the molecule is CC(C)(C)c1ccccc1ON. The first-order chi connectivity index (χ1) is 5.55. The highest BCUT2D eigenvalue weighted by atomic mass is 16.6. The molecule has 1 rings (SSSR count). The first kappa shape index (κ1) is 9.07. The van der Waals surface area contributed by atoms with Gasteiger partial charge in [-0.3, -0.25) is 0 Å². The second-order valence-electron chi connectivity index (χ2n) is 3.86. The van der Waals surface area contributed by atoms with Gasteiger partial charge in [-0.25, -0.2) is 0 Å². The molecule has 0 bridgehead atoms. The summed E-state index contributed by atoms with van der Waals surface area (Å²) in [5.41, 5.74) is 1.21. The average molecular weight is 165 g/mol. The average Bonchev–Trinajstić information content (AvgIpc) is 2.03. The molecule has 0 spiro atoms. The van der Waals surface area contributed by atoms with Crippen LogP contribution in [0.5, 0.6) is 5.75 Å². The Balaban J connectivity index is 3.14. The monoisotopic (exact) mass is 165 g/mol. The van der Waals surface area contributed by atoms with Crippen LogP contribution < -0.4 is 10.7 Å². The number of benzene rings is 1. The largest absolute Gasteiger partial charge is 0.411 e. The fraction of sp³-hybridized carbons (Fsp3) is 0.400. The Labute approximate surface area is 73.3 Å². The van der Waals surface area contributed by atoms with Crippen molar-refractivity contribution in [2.45, 2.75) is 26.2 Å². The van der Waals surface area contributed by atoms with Crippen LogP contribution >= 0.6 is 0 Å². The van der Waals surface area contributed by atoms with Crippen molar-refractivity contribution in [2.24, 2.45) is 5.90 Å². The molecule has 1 aromatic carbocycles. The van der Waals surface area contributed by atoms with E-state index in [9.17, 15) is 0 Å². The maximum atomic E-state index is 5.15. The van der Waals surface area contributed by atoms with Gasteiger partial charge in [0.05, 0.1) is 0 Å². The Bertz CT molecular complexity index is 263. The Kier molecular flexibility index (Phi) is 2.38. The molecule has 0 aromatic heterocycles. The van der Waals surface area contributed by atoms with Gasteiger partial charge in [0.1, 0.15) is 0 Å². The van der Waals surface area contributed by atoms with Crippen LogP contribution in [0.1, 0.15) is 26.3 Å². The second-order valence-corrected chi connectivity index (χ2v) is 3.86. The van der Waals surface area contributed by atoms with Gasteiger partial charge >= 0.3 is 0 Å². The van der Waals surface area contributed by atoms with Crippen LogP contribution in [0, 0.1) is 0 Å². The van der Waals surface area contributed by atoms with E-state index in [0.29, 0.717) is 0 Å². The summed E-state index contributed by atoms with van der Waals surface area (Å²) in [4.78, 5) is 4.77. The van der Waals surface area contributed by atoms with Gasteiger partial charge in [0.2, 0.25) is 0 Å². The molecule has 0 saturated carbocycles. The number of para-hydroxylation sites is 1. The van der Waals surface area contributed by atoms with E-state index in [-0.39, 0.29) is 5.41 Å². The molecule has 0 heterocycles. The van der Waals surface area contributed by atoms with Crippen LogP contribution in [0.15, 0.2) is 24.3 Å². The van der Waals surface area contributed by atoms with Crippen molar-refractivity contribution in [3.8, 4) is 5.75 Å². The zero-order valence-electron chi connectivity index (χ0n) is 7.79. The van der Waals surface area contributed by atoms with E-state index < -0.39 is 0 Å². The van der Waals surface area contributed by atoms with Crippen LogP contribution in [-0.2, 0) is 5.41 Å². The number of hydrogen-bond acceptors (Lipinski definition) is 2. The van der Waals surface area contributed by atoms with Gasteiger partial charge in [0, 0.05) is 5.56 Å². The van der Waals surface area contributed by atoms with E-state index in [0.717, 1.165) is 11.3 Å². The molecule has 2 heteroatoms. The zero-order valence-corrected chi connectivity index (χ0v) is 7.79. The van der Waals surface area contributed by atoms with E-state index in [1.807, 2.05) is 24.3 Å². The van der Waals surface area contributed by atoms with Crippen LogP contribution in [0.25, 0.3) is 0 Å². The standard InChI is InChI=1S/C10H15NO/c1-10(2,3)8-6-4-5-7-9(8)12-11/h4-7H,11H2,1-3H3. The van der Waals surface area contributed by atoms with E-state index in [4.69, 9.17) is 10.7 Å². The van der Waals surface area contributed by atoms with E-state index >= 15 is 0 Å². The molecule has 0 amide bonds. The Morgan fingerprint density at radius 2 is 1.75 bits per heavy atom. The lowest BCUT2D eigenvalue weighted by Gasteiger charge is -2.20. The lowest BCUT2D eigenvalue weighted by atomic mass is 9.86. The second kappa shape index (κ2) is 3.15. The molecule has 0 aliphatic heterocycles. The summed E-state index contributed by atoms with van der Waals surface area (Å²) in [5, 5.41) is 0. The summed E-state index contributed by atoms with van der Waals surface area (Å²) in [5.74, 6) is 5.90. The van der Waals surface area contributed by atoms with Crippen LogP contribution in [0.3, 0.4) is 0 Å². The molecule has 0 radical (unpaired) electrons. The van der Waals surface area contributed by atoms with Crippen LogP contribution in [-0.4, -0.2) is 0 Å². The molecule has 1 aromatic rings. The minimum absolute atomic E-state index is 0.0793. The Morgan fingerprint density at radius 1 is 1.17 bits per heavy atom. The van der Waals surface area contributed by atoms with Gasteiger partial charge in [0.15, 0.2) is 5.75 Å². The first-order valence-corrected chi connectivity index (χ1v) is 4.02. The van der Waals surface area contributed by atoms with E-state index in [1.165, 1.54) is 0 Å². The van der Waals surface area contributed by atoms with Crippen molar-refractivity contribution in [3.63, 3.8) is 0 Å². The number of rotatable bonds is 1. The van der Waals surface area contributed by atoms with Crippen molar-refractivity contribution >= 4 is 0 Å². The number of hydrogen-bond donors (Lipinski definition) is 1. The summed E-state index contributed by atoms with van der Waals surface area (Å²) in [6.07, 6.45) is 0. The minimum Gasteiger partial charge on any atom is -0.411 e. The normalized spacial score (nSPS) is 11.3. The molecule has 2 N–H and O–H groups in total. The predicted molar refractivity (Wildman–Crippen MR) is 50.0 cm³/mol. The Hall–Kier alpha value is -1.02. The molecule has 2 nitrogen and oxygen atoms in total. The quantitative estimate of drug-likeness (QED) is 0.648. The van der Waals surface area contributed by atoms with Gasteiger partial charge in [-0.1, -0.05) is 39.0 Å². The lowest BCUT2D eigenvalue weighted by Crippen LogP contribution is -2.15. The third-order valence-corrected chi connectivity index (χ3v) is 1.82. The highest BCUT2D eigenvalue weighted by Crippen LogP contribution is 2.29. The van der Waals surface area contributed by atoms with E-state index in [2.05, 4.69) is 20.8 Å². The molecule has 66 valence electrons. The van der Waals surface area contributed by atoms with Gasteiger partial charge in [-0.2, -0.15) is 5.90 Å². The molecule has 0 aliphatic rings. The summed E-state index contributed by atoms with van der Waals surface area (Å²) in [7, 11) is 0. The molecule has 0 atom stereocenters. The van der Waals surface area contributed by atoms with E-state index in [1.54, 1.807) is 0 Å². The van der Waals surface area contributed by atoms with Gasteiger partial charge < -0.3 is 4.84 Å². The summed E-state index contributed by atoms with van der Waals surface area (Å²) in [6, 6.07) is 7.81. The molecule has 0 unspecified atom stereocenters. The van der Waals surface area contributed by atoms with Crippen molar-refractivity contribution in [3.05, 3.63) is 29.8 Å². The molecule has 12 heavy (non-hydrogen) atoms. The van der Waals surface area contributed by atoms with Crippen molar-refractivity contribution < 1.29 is 4.84 Å². The summed E-state index contributed by atoms with van der Waals surface area (Å²) in [6.45, 7) is 6.39. The molecular weight excluding hydrogens is 150 g/mol. The molecule has 0 aliphatic carbocycles. The maximum absolute atomic E-state index is 5.15. The maximum Gasteiger partial charge on any atom is 0.150 e. The van der Waals surface area contributed by atoms with Gasteiger partial charge in [-0.05, 0) is 11.5 Å². The lowest BCUT2D eigenvalue weighted by molar-refractivity contribution is 0.324. The Morgan fingerprint density at radius 3 is 2.17 bits per heavy atom. The van der Waals surface area contributed by atoms with Crippen molar-refractivity contribution in [1.29, 1.82) is 0 Å². The van der Waals surface area contributed by atoms with Crippen molar-refractivity contribution in [1.82, 2.24) is 0 Å². The van der Waals surface area contributed by atoms with Gasteiger partial charge in [0.25, 0.3) is 0 Å². The zero-order chi connectivity index (χ0) is 9.19. The highest BCUT2D eigenvalue weighted by molar-refractivity contribution is 5.37. The molecular formula is C10H15NO. The summed E-state index contributed by atoms with van der Waals surface area (Å²) >= 11 is 0. The predicted octanol–water partition coefficient (Wildman–Crippen LogP) is 2.24. The van der Waals surface area contributed by atoms with Gasteiger partial charge in [-0.15, -0.1) is 0 Å².